The standard InChI is InChI=1S/C21H14BrF5N2O6/c22-18-17(9-1-3-10(4-2-9)21(25,26)27)29-20(35-18)13(7-33-8-14(30)31)34-12-6-5-11(23)15(16(12)24)19(28)32/h1-6,13H,7-8H2,(H2,28,32)(H,30,31). The van der Waals surface area contributed by atoms with Crippen LogP contribution < -0.4 is 10.5 Å². The molecule has 0 aliphatic carbocycles. The van der Waals surface area contributed by atoms with Gasteiger partial charge in [-0.25, -0.2) is 18.6 Å². The largest absolute Gasteiger partial charge is 0.480 e. The molecule has 1 aromatic heterocycles. The summed E-state index contributed by atoms with van der Waals surface area (Å²) in [7, 11) is 0. The first-order valence-corrected chi connectivity index (χ1v) is 10.3. The van der Waals surface area contributed by atoms with Crippen LogP contribution in [-0.4, -0.2) is 35.2 Å². The molecule has 14 heteroatoms. The second kappa shape index (κ2) is 10.4. The molecule has 3 aromatic rings. The van der Waals surface area contributed by atoms with Crippen LogP contribution >= 0.6 is 15.9 Å². The summed E-state index contributed by atoms with van der Waals surface area (Å²) in [5, 5.41) is 8.79. The topological polar surface area (TPSA) is 125 Å². The first-order chi connectivity index (χ1) is 16.4. The number of carboxylic acids is 1. The number of nitrogens with zero attached hydrogens (tertiary/aromatic N) is 1. The average Bonchev–Trinajstić information content (AvgIpc) is 3.15. The normalized spacial score (nSPS) is 12.4. The summed E-state index contributed by atoms with van der Waals surface area (Å²) in [4.78, 5) is 26.3. The Morgan fingerprint density at radius 2 is 1.80 bits per heavy atom. The number of ether oxygens (including phenoxy) is 2. The Labute approximate surface area is 201 Å². The Bertz CT molecular complexity index is 1250. The summed E-state index contributed by atoms with van der Waals surface area (Å²) in [6, 6.07) is 5.54. The van der Waals surface area contributed by atoms with Crippen molar-refractivity contribution in [3.05, 3.63) is 69.7 Å². The van der Waals surface area contributed by atoms with Crippen LogP contribution in [-0.2, 0) is 15.7 Å². The monoisotopic (exact) mass is 564 g/mol. The SMILES string of the molecule is NC(=O)c1c(F)ccc(OC(COCC(=O)O)c2nc(-c3ccc(C(F)(F)F)cc3)c(Br)o2)c1F. The van der Waals surface area contributed by atoms with Crippen molar-refractivity contribution >= 4 is 27.8 Å². The van der Waals surface area contributed by atoms with Gasteiger partial charge in [0.25, 0.3) is 5.91 Å². The highest BCUT2D eigenvalue weighted by molar-refractivity contribution is 9.10. The van der Waals surface area contributed by atoms with E-state index < -0.39 is 65.9 Å². The van der Waals surface area contributed by atoms with Gasteiger partial charge in [0.15, 0.2) is 22.3 Å². The van der Waals surface area contributed by atoms with Crippen molar-refractivity contribution < 1.29 is 50.5 Å². The number of benzene rings is 2. The summed E-state index contributed by atoms with van der Waals surface area (Å²) in [5.41, 5.74) is 3.31. The van der Waals surface area contributed by atoms with Crippen LogP contribution in [0.1, 0.15) is 27.9 Å². The molecule has 3 rings (SSSR count). The zero-order valence-electron chi connectivity index (χ0n) is 17.2. The Hall–Kier alpha value is -3.52. The maximum absolute atomic E-state index is 14.6. The quantitative estimate of drug-likeness (QED) is 0.360. The number of carbonyl (C=O) groups is 2. The number of hydrogen-bond acceptors (Lipinski definition) is 6. The lowest BCUT2D eigenvalue weighted by molar-refractivity contribution is -0.143. The van der Waals surface area contributed by atoms with Gasteiger partial charge in [0.1, 0.15) is 23.7 Å². The van der Waals surface area contributed by atoms with E-state index in [9.17, 15) is 31.5 Å². The van der Waals surface area contributed by atoms with Gasteiger partial charge in [0, 0.05) is 5.56 Å². The summed E-state index contributed by atoms with van der Waals surface area (Å²) in [6.45, 7) is -1.32. The van der Waals surface area contributed by atoms with Gasteiger partial charge in [-0.2, -0.15) is 13.2 Å². The first-order valence-electron chi connectivity index (χ1n) is 9.46. The fourth-order valence-corrected chi connectivity index (χ4v) is 3.35. The van der Waals surface area contributed by atoms with E-state index in [1.165, 1.54) is 0 Å². The number of aromatic nitrogens is 1. The predicted octanol–water partition coefficient (Wildman–Crippen LogP) is 4.72. The van der Waals surface area contributed by atoms with Crippen LogP contribution in [0.2, 0.25) is 0 Å². The van der Waals surface area contributed by atoms with Crippen molar-refractivity contribution in [1.82, 2.24) is 4.98 Å². The van der Waals surface area contributed by atoms with Crippen molar-refractivity contribution in [3.8, 4) is 17.0 Å². The van der Waals surface area contributed by atoms with Crippen molar-refractivity contribution in [2.75, 3.05) is 13.2 Å². The summed E-state index contributed by atoms with van der Waals surface area (Å²) >= 11 is 3.08. The van der Waals surface area contributed by atoms with Crippen molar-refractivity contribution in [2.24, 2.45) is 5.73 Å². The van der Waals surface area contributed by atoms with Crippen LogP contribution in [0.5, 0.6) is 5.75 Å². The van der Waals surface area contributed by atoms with Gasteiger partial charge in [0.2, 0.25) is 5.89 Å². The van der Waals surface area contributed by atoms with Crippen molar-refractivity contribution in [1.29, 1.82) is 0 Å². The molecule has 35 heavy (non-hydrogen) atoms. The molecular formula is C21H14BrF5N2O6. The fourth-order valence-electron chi connectivity index (χ4n) is 2.86. The molecule has 1 amide bonds. The summed E-state index contributed by atoms with van der Waals surface area (Å²) in [6.07, 6.45) is -5.97. The van der Waals surface area contributed by atoms with E-state index in [1.807, 2.05) is 0 Å². The first kappa shape index (κ1) is 26.1. The number of hydrogen-bond donors (Lipinski definition) is 2. The molecule has 0 aliphatic heterocycles. The van der Waals surface area contributed by atoms with Crippen LogP contribution in [0.3, 0.4) is 0 Å². The fraction of sp³-hybridized carbons (Fsp3) is 0.190. The molecule has 2 aromatic carbocycles. The van der Waals surface area contributed by atoms with Gasteiger partial charge in [-0.15, -0.1) is 0 Å². The zero-order valence-corrected chi connectivity index (χ0v) is 18.8. The minimum Gasteiger partial charge on any atom is -0.480 e. The Morgan fingerprint density at radius 1 is 1.14 bits per heavy atom. The molecule has 0 spiro atoms. The van der Waals surface area contributed by atoms with Gasteiger partial charge >= 0.3 is 12.1 Å². The summed E-state index contributed by atoms with van der Waals surface area (Å²) in [5.74, 6) is -6.31. The van der Waals surface area contributed by atoms with E-state index >= 15 is 0 Å². The average molecular weight is 565 g/mol. The smallest absolute Gasteiger partial charge is 0.416 e. The third-order valence-electron chi connectivity index (χ3n) is 4.43. The number of amides is 1. The third-order valence-corrected chi connectivity index (χ3v) is 4.97. The Morgan fingerprint density at radius 3 is 2.37 bits per heavy atom. The number of oxazole rings is 1. The third kappa shape index (κ3) is 6.14. The lowest BCUT2D eigenvalue weighted by Gasteiger charge is -2.17. The van der Waals surface area contributed by atoms with Gasteiger partial charge in [-0.3, -0.25) is 4.79 Å². The van der Waals surface area contributed by atoms with E-state index in [2.05, 4.69) is 20.9 Å². The minimum absolute atomic E-state index is 0.0310. The number of nitrogens with two attached hydrogens (primary N) is 1. The number of carbonyl (C=O) groups excluding carboxylic acids is 1. The van der Waals surface area contributed by atoms with Gasteiger partial charge in [-0.05, 0) is 40.2 Å². The predicted molar refractivity (Wildman–Crippen MR) is 111 cm³/mol. The lowest BCUT2D eigenvalue weighted by Crippen LogP contribution is -2.20. The molecule has 0 aliphatic rings. The number of rotatable bonds is 9. The Balaban J connectivity index is 1.96. The van der Waals surface area contributed by atoms with E-state index in [1.54, 1.807) is 0 Å². The lowest BCUT2D eigenvalue weighted by atomic mass is 10.1. The molecular weight excluding hydrogens is 551 g/mol. The number of aliphatic carboxylic acids is 1. The molecule has 0 saturated carbocycles. The maximum atomic E-state index is 14.6. The number of carboxylic acid groups (broad SMARTS) is 1. The molecule has 8 nitrogen and oxygen atoms in total. The second-order valence-corrected chi connectivity index (χ2v) is 7.58. The summed E-state index contributed by atoms with van der Waals surface area (Å²) < 4.78 is 82.7. The number of alkyl halides is 3. The van der Waals surface area contributed by atoms with Crippen molar-refractivity contribution in [3.63, 3.8) is 0 Å². The van der Waals surface area contributed by atoms with E-state index in [0.717, 1.165) is 36.4 Å². The molecule has 0 fully saturated rings. The Kier molecular flexibility index (Phi) is 7.75. The highest BCUT2D eigenvalue weighted by Crippen LogP contribution is 2.35. The second-order valence-electron chi connectivity index (χ2n) is 6.86. The molecule has 1 atom stereocenters. The molecule has 1 heterocycles. The van der Waals surface area contributed by atoms with Gasteiger partial charge < -0.3 is 24.7 Å². The molecule has 3 N–H and O–H groups in total. The van der Waals surface area contributed by atoms with E-state index in [-0.39, 0.29) is 21.8 Å². The van der Waals surface area contributed by atoms with Crippen LogP contribution in [0.4, 0.5) is 22.0 Å². The van der Waals surface area contributed by atoms with Crippen LogP contribution in [0.15, 0.2) is 45.5 Å². The molecule has 0 bridgehead atoms. The zero-order chi connectivity index (χ0) is 25.9. The maximum Gasteiger partial charge on any atom is 0.416 e. The number of halogens is 6. The van der Waals surface area contributed by atoms with Crippen LogP contribution in [0, 0.1) is 11.6 Å². The molecule has 186 valence electrons. The van der Waals surface area contributed by atoms with Crippen LogP contribution in [0.25, 0.3) is 11.3 Å². The highest BCUT2D eigenvalue weighted by Gasteiger charge is 2.31. The van der Waals surface area contributed by atoms with Crippen molar-refractivity contribution in [2.45, 2.75) is 12.3 Å². The number of primary amides is 1. The van der Waals surface area contributed by atoms with Gasteiger partial charge in [-0.1, -0.05) is 12.1 Å². The molecule has 0 saturated heterocycles. The highest BCUT2D eigenvalue weighted by atomic mass is 79.9. The van der Waals surface area contributed by atoms with E-state index in [4.69, 9.17) is 24.7 Å². The molecule has 0 radical (unpaired) electrons. The molecule has 1 unspecified atom stereocenters. The minimum atomic E-state index is -4.55. The van der Waals surface area contributed by atoms with E-state index in [0.29, 0.717) is 0 Å². The van der Waals surface area contributed by atoms with Gasteiger partial charge in [0.05, 0.1) is 12.2 Å².